The van der Waals surface area contributed by atoms with E-state index in [2.05, 4.69) is 43.2 Å². The van der Waals surface area contributed by atoms with Gasteiger partial charge in [-0.15, -0.1) is 10.2 Å². The van der Waals surface area contributed by atoms with E-state index in [0.717, 1.165) is 91.0 Å². The summed E-state index contributed by atoms with van der Waals surface area (Å²) < 4.78 is 11.4. The summed E-state index contributed by atoms with van der Waals surface area (Å²) in [5.41, 5.74) is 3.98. The van der Waals surface area contributed by atoms with Gasteiger partial charge >= 0.3 is 0 Å². The molecule has 238 valence electrons. The van der Waals surface area contributed by atoms with Gasteiger partial charge in [-0.3, -0.25) is 14.7 Å². The van der Waals surface area contributed by atoms with E-state index >= 15 is 0 Å². The average molecular weight is 611 g/mol. The minimum Gasteiger partial charge on any atom is -0.496 e. The monoisotopic (exact) mass is 610 g/mol. The lowest BCUT2D eigenvalue weighted by atomic mass is 9.49. The number of piperazine rings is 1. The molecule has 0 spiro atoms. The first-order chi connectivity index (χ1) is 21.9. The molecule has 0 N–H and O–H groups in total. The Labute approximate surface area is 266 Å². The molecule has 8 rings (SSSR count). The van der Waals surface area contributed by atoms with Crippen molar-refractivity contribution in [3.8, 4) is 22.6 Å². The highest BCUT2D eigenvalue weighted by molar-refractivity contribution is 5.92. The molecule has 4 bridgehead atoms. The van der Waals surface area contributed by atoms with Crippen LogP contribution < -0.4 is 14.4 Å². The second kappa shape index (κ2) is 12.6. The van der Waals surface area contributed by atoms with Crippen molar-refractivity contribution in [2.75, 3.05) is 58.4 Å². The van der Waals surface area contributed by atoms with Crippen LogP contribution in [0.2, 0.25) is 0 Å². The molecule has 1 saturated heterocycles. The van der Waals surface area contributed by atoms with E-state index in [-0.39, 0.29) is 5.91 Å². The van der Waals surface area contributed by atoms with Gasteiger partial charge in [0.25, 0.3) is 5.91 Å². The Morgan fingerprint density at radius 1 is 0.933 bits per heavy atom. The Morgan fingerprint density at radius 3 is 2.31 bits per heavy atom. The molecule has 1 aromatic carbocycles. The maximum Gasteiger partial charge on any atom is 0.274 e. The number of carbonyl (C=O) groups excluding carboxylic acids is 1. The molecule has 0 atom stereocenters. The molecular weight excluding hydrogens is 564 g/mol. The van der Waals surface area contributed by atoms with Crippen LogP contribution in [0.15, 0.2) is 48.8 Å². The largest absolute Gasteiger partial charge is 0.496 e. The predicted molar refractivity (Wildman–Crippen MR) is 174 cm³/mol. The molecule has 9 heteroatoms. The molecule has 2 aromatic heterocycles. The Kier molecular flexibility index (Phi) is 8.38. The van der Waals surface area contributed by atoms with E-state index < -0.39 is 0 Å². The number of benzene rings is 1. The van der Waals surface area contributed by atoms with Gasteiger partial charge in [-0.05, 0) is 98.4 Å². The smallest absolute Gasteiger partial charge is 0.274 e. The molecule has 5 aliphatic rings. The fourth-order valence-corrected chi connectivity index (χ4v) is 9.12. The summed E-state index contributed by atoms with van der Waals surface area (Å²) in [7, 11) is 3.68. The third kappa shape index (κ3) is 6.37. The Morgan fingerprint density at radius 2 is 1.67 bits per heavy atom. The Hall–Kier alpha value is -3.72. The summed E-state index contributed by atoms with van der Waals surface area (Å²) >= 11 is 0. The van der Waals surface area contributed by atoms with Gasteiger partial charge in [-0.2, -0.15) is 0 Å². The highest BCUT2D eigenvalue weighted by Crippen LogP contribution is 2.60. The van der Waals surface area contributed by atoms with Crippen LogP contribution in [0.5, 0.6) is 11.5 Å². The second-order valence-electron chi connectivity index (χ2n) is 14.0. The molecule has 0 unspecified atom stereocenters. The van der Waals surface area contributed by atoms with E-state index in [9.17, 15) is 4.79 Å². The zero-order valence-corrected chi connectivity index (χ0v) is 27.0. The van der Waals surface area contributed by atoms with Crippen molar-refractivity contribution >= 4 is 11.7 Å². The van der Waals surface area contributed by atoms with Gasteiger partial charge < -0.3 is 19.3 Å². The van der Waals surface area contributed by atoms with Crippen molar-refractivity contribution in [3.63, 3.8) is 0 Å². The molecule has 9 nitrogen and oxygen atoms in total. The lowest BCUT2D eigenvalue weighted by Gasteiger charge is -2.57. The fraction of sp³-hybridized carbons (Fsp3) is 0.556. The predicted octanol–water partition coefficient (Wildman–Crippen LogP) is 5.56. The Balaban J connectivity index is 0.929. The van der Waals surface area contributed by atoms with Crippen molar-refractivity contribution in [3.05, 3.63) is 60.0 Å². The number of anilines is 1. The van der Waals surface area contributed by atoms with Gasteiger partial charge in [0.1, 0.15) is 11.5 Å². The topological polar surface area (TPSA) is 83.9 Å². The summed E-state index contributed by atoms with van der Waals surface area (Å²) in [6, 6.07) is 12.2. The van der Waals surface area contributed by atoms with Crippen LogP contribution >= 0.6 is 0 Å². The van der Waals surface area contributed by atoms with Gasteiger partial charge in [-0.25, -0.2) is 0 Å². The normalized spacial score (nSPS) is 25.8. The van der Waals surface area contributed by atoms with E-state index in [1.54, 1.807) is 13.3 Å². The summed E-state index contributed by atoms with van der Waals surface area (Å²) in [5.74, 6) is 5.11. The molecular formula is C36H46N6O3. The standard InChI is InChI=1S/C36H46N6O3/c1-4-45-31-16-30(21-37-22-31)28-5-6-29(33(17-28)44-3)23-41-9-11-42(12-10-41)34-8-7-32(38-39-34)35(43)40(2)24-36-18-25-13-26(19-36)15-27(14-25)20-36/h5-8,16-17,21-22,25-27H,4,9-15,18-20,23-24H2,1-3H3. The maximum atomic E-state index is 13.4. The van der Waals surface area contributed by atoms with Gasteiger partial charge in [0, 0.05) is 63.6 Å². The molecule has 45 heavy (non-hydrogen) atoms. The van der Waals surface area contributed by atoms with Gasteiger partial charge in [0.05, 0.1) is 19.9 Å². The quantitative estimate of drug-likeness (QED) is 0.295. The minimum atomic E-state index is -0.00663. The summed E-state index contributed by atoms with van der Waals surface area (Å²) in [4.78, 5) is 24.3. The third-order valence-corrected chi connectivity index (χ3v) is 10.7. The molecule has 3 aromatic rings. The molecule has 3 heterocycles. The lowest BCUT2D eigenvalue weighted by molar-refractivity contribution is -0.0629. The SMILES string of the molecule is CCOc1cncc(-c2ccc(CN3CCN(c4ccc(C(=O)N(C)CC56CC7CC(CC(C7)C5)C6)nn4)CC3)c(OC)c2)c1. The number of pyridine rings is 1. The first-order valence-electron chi connectivity index (χ1n) is 16.7. The molecule has 1 aliphatic heterocycles. The van der Waals surface area contributed by atoms with E-state index in [4.69, 9.17) is 9.47 Å². The van der Waals surface area contributed by atoms with Crippen molar-refractivity contribution in [1.82, 2.24) is 25.0 Å². The number of hydrogen-bond donors (Lipinski definition) is 0. The van der Waals surface area contributed by atoms with Crippen LogP contribution in [0.25, 0.3) is 11.1 Å². The van der Waals surface area contributed by atoms with Crippen molar-refractivity contribution in [2.45, 2.75) is 52.0 Å². The zero-order valence-electron chi connectivity index (χ0n) is 27.0. The number of amides is 1. The van der Waals surface area contributed by atoms with Crippen LogP contribution in [-0.2, 0) is 6.54 Å². The van der Waals surface area contributed by atoms with Gasteiger partial charge in [0.15, 0.2) is 11.5 Å². The van der Waals surface area contributed by atoms with E-state index in [0.29, 0.717) is 17.7 Å². The van der Waals surface area contributed by atoms with Gasteiger partial charge in [-0.1, -0.05) is 12.1 Å². The fourth-order valence-electron chi connectivity index (χ4n) is 9.12. The van der Waals surface area contributed by atoms with Crippen LogP contribution in [0, 0.1) is 23.2 Å². The average Bonchev–Trinajstić information content (AvgIpc) is 3.04. The van der Waals surface area contributed by atoms with Crippen LogP contribution in [0.4, 0.5) is 5.82 Å². The minimum absolute atomic E-state index is 0.00663. The maximum absolute atomic E-state index is 13.4. The van der Waals surface area contributed by atoms with E-state index in [1.165, 1.54) is 38.5 Å². The zero-order chi connectivity index (χ0) is 31.0. The molecule has 0 radical (unpaired) electrons. The van der Waals surface area contributed by atoms with Gasteiger partial charge in [0.2, 0.25) is 0 Å². The number of ether oxygens (including phenoxy) is 2. The van der Waals surface area contributed by atoms with Crippen LogP contribution in [-0.4, -0.2) is 84.4 Å². The molecule has 4 saturated carbocycles. The van der Waals surface area contributed by atoms with Crippen LogP contribution in [0.1, 0.15) is 61.5 Å². The van der Waals surface area contributed by atoms with Crippen molar-refractivity contribution in [2.24, 2.45) is 23.2 Å². The number of nitrogens with zero attached hydrogens (tertiary/aromatic N) is 6. The summed E-state index contributed by atoms with van der Waals surface area (Å²) in [6.07, 6.45) is 11.7. The molecule has 1 amide bonds. The third-order valence-electron chi connectivity index (χ3n) is 10.7. The second-order valence-corrected chi connectivity index (χ2v) is 14.0. The Bertz CT molecular complexity index is 1470. The van der Waals surface area contributed by atoms with Crippen molar-refractivity contribution in [1.29, 1.82) is 0 Å². The summed E-state index contributed by atoms with van der Waals surface area (Å²) in [6.45, 7) is 7.75. The first-order valence-corrected chi connectivity index (χ1v) is 16.7. The first kappa shape index (κ1) is 30.0. The van der Waals surface area contributed by atoms with Crippen molar-refractivity contribution < 1.29 is 14.3 Å². The summed E-state index contributed by atoms with van der Waals surface area (Å²) in [5, 5.41) is 8.90. The number of hydrogen-bond acceptors (Lipinski definition) is 8. The number of carbonyl (C=O) groups is 1. The molecule has 4 aliphatic carbocycles. The molecule has 5 fully saturated rings. The lowest BCUT2D eigenvalue weighted by Crippen LogP contribution is -2.51. The number of methoxy groups -OCH3 is 1. The highest BCUT2D eigenvalue weighted by Gasteiger charge is 2.51. The number of rotatable bonds is 10. The van der Waals surface area contributed by atoms with Crippen LogP contribution in [0.3, 0.4) is 0 Å². The van der Waals surface area contributed by atoms with E-state index in [1.807, 2.05) is 43.3 Å². The highest BCUT2D eigenvalue weighted by atomic mass is 16.5. The number of aromatic nitrogens is 3.